The van der Waals surface area contributed by atoms with Crippen molar-refractivity contribution in [3.63, 3.8) is 0 Å². The van der Waals surface area contributed by atoms with Gasteiger partial charge < -0.3 is 5.32 Å². The van der Waals surface area contributed by atoms with Gasteiger partial charge in [-0.15, -0.1) is 0 Å². The van der Waals surface area contributed by atoms with Crippen LogP contribution in [0.5, 0.6) is 0 Å². The maximum absolute atomic E-state index is 13.6. The fraction of sp³-hybridized carbons (Fsp3) is 0.200. The van der Waals surface area contributed by atoms with Gasteiger partial charge in [0.05, 0.1) is 4.92 Å². The molecular weight excluding hydrogens is 339 g/mol. The Hall–Kier alpha value is -1.79. The van der Waals surface area contributed by atoms with Crippen LogP contribution in [0.1, 0.15) is 24.1 Å². The van der Waals surface area contributed by atoms with E-state index in [0.29, 0.717) is 12.1 Å². The van der Waals surface area contributed by atoms with Gasteiger partial charge in [-0.1, -0.05) is 28.1 Å². The van der Waals surface area contributed by atoms with Crippen LogP contribution < -0.4 is 5.32 Å². The third-order valence-corrected chi connectivity index (χ3v) is 3.68. The van der Waals surface area contributed by atoms with Crippen LogP contribution in [0.15, 0.2) is 46.9 Å². The highest BCUT2D eigenvalue weighted by atomic mass is 79.9. The quantitative estimate of drug-likeness (QED) is 0.642. The van der Waals surface area contributed by atoms with Crippen LogP contribution in [0, 0.1) is 15.9 Å². The van der Waals surface area contributed by atoms with E-state index in [1.54, 1.807) is 18.2 Å². The van der Waals surface area contributed by atoms with Crippen molar-refractivity contribution >= 4 is 21.6 Å². The van der Waals surface area contributed by atoms with E-state index in [0.717, 1.165) is 10.0 Å². The summed E-state index contributed by atoms with van der Waals surface area (Å²) in [5.74, 6) is -0.281. The fourth-order valence-electron chi connectivity index (χ4n) is 1.97. The van der Waals surface area contributed by atoms with E-state index < -0.39 is 4.92 Å². The van der Waals surface area contributed by atoms with E-state index in [1.165, 1.54) is 18.2 Å². The van der Waals surface area contributed by atoms with Crippen LogP contribution in [0.3, 0.4) is 0 Å². The highest BCUT2D eigenvalue weighted by molar-refractivity contribution is 9.10. The summed E-state index contributed by atoms with van der Waals surface area (Å²) in [4.78, 5) is 10.3. The highest BCUT2D eigenvalue weighted by Crippen LogP contribution is 2.20. The number of non-ortho nitro benzene ring substituents is 1. The van der Waals surface area contributed by atoms with Crippen molar-refractivity contribution < 1.29 is 9.31 Å². The first kappa shape index (κ1) is 15.6. The third kappa shape index (κ3) is 4.09. The summed E-state index contributed by atoms with van der Waals surface area (Å²) in [6.07, 6.45) is 0. The van der Waals surface area contributed by atoms with Gasteiger partial charge >= 0.3 is 0 Å². The molecule has 0 heterocycles. The lowest BCUT2D eigenvalue weighted by molar-refractivity contribution is -0.384. The largest absolute Gasteiger partial charge is 0.306 e. The second kappa shape index (κ2) is 6.78. The number of nitro groups is 1. The van der Waals surface area contributed by atoms with Gasteiger partial charge in [-0.2, -0.15) is 0 Å². The Morgan fingerprint density at radius 2 is 2.10 bits per heavy atom. The molecule has 4 nitrogen and oxygen atoms in total. The van der Waals surface area contributed by atoms with Crippen molar-refractivity contribution in [3.8, 4) is 0 Å². The van der Waals surface area contributed by atoms with Crippen LogP contribution in [0.2, 0.25) is 0 Å². The SMILES string of the molecule is CC(NCc1cc(Br)ccc1F)c1cccc([N+](=O)[O-])c1. The molecule has 0 bridgehead atoms. The fourth-order valence-corrected chi connectivity index (χ4v) is 2.38. The second-order valence-corrected chi connectivity index (χ2v) is 5.61. The lowest BCUT2D eigenvalue weighted by Gasteiger charge is -2.14. The first-order valence-electron chi connectivity index (χ1n) is 6.39. The molecule has 0 aliphatic carbocycles. The topological polar surface area (TPSA) is 55.2 Å². The number of nitro benzene ring substituents is 1. The zero-order chi connectivity index (χ0) is 15.4. The Balaban J connectivity index is 2.08. The van der Waals surface area contributed by atoms with Gasteiger partial charge in [0, 0.05) is 34.8 Å². The Labute approximate surface area is 130 Å². The van der Waals surface area contributed by atoms with Gasteiger partial charge in [-0.3, -0.25) is 10.1 Å². The maximum Gasteiger partial charge on any atom is 0.269 e. The molecule has 0 saturated carbocycles. The van der Waals surface area contributed by atoms with Gasteiger partial charge in [0.2, 0.25) is 0 Å². The lowest BCUT2D eigenvalue weighted by atomic mass is 10.1. The van der Waals surface area contributed by atoms with E-state index in [9.17, 15) is 14.5 Å². The first-order chi connectivity index (χ1) is 9.97. The van der Waals surface area contributed by atoms with E-state index in [4.69, 9.17) is 0 Å². The van der Waals surface area contributed by atoms with Crippen molar-refractivity contribution in [1.29, 1.82) is 0 Å². The number of benzene rings is 2. The lowest BCUT2D eigenvalue weighted by Crippen LogP contribution is -2.18. The van der Waals surface area contributed by atoms with Crippen LogP contribution in [-0.2, 0) is 6.54 Å². The molecule has 0 spiro atoms. The molecule has 0 aromatic heterocycles. The van der Waals surface area contributed by atoms with Gasteiger partial charge in [0.15, 0.2) is 0 Å². The Bertz CT molecular complexity index is 664. The van der Waals surface area contributed by atoms with Crippen molar-refractivity contribution in [2.45, 2.75) is 19.5 Å². The molecule has 2 rings (SSSR count). The molecule has 0 radical (unpaired) electrons. The molecule has 1 unspecified atom stereocenters. The first-order valence-corrected chi connectivity index (χ1v) is 7.18. The summed E-state index contributed by atoms with van der Waals surface area (Å²) >= 11 is 3.30. The molecule has 2 aromatic rings. The molecule has 110 valence electrons. The van der Waals surface area contributed by atoms with E-state index in [-0.39, 0.29) is 17.5 Å². The minimum absolute atomic E-state index is 0.0507. The summed E-state index contributed by atoms with van der Waals surface area (Å²) in [5, 5.41) is 13.9. The van der Waals surface area contributed by atoms with Crippen LogP contribution >= 0.6 is 15.9 Å². The van der Waals surface area contributed by atoms with E-state index in [2.05, 4.69) is 21.2 Å². The minimum Gasteiger partial charge on any atom is -0.306 e. The van der Waals surface area contributed by atoms with Gasteiger partial charge in [-0.25, -0.2) is 4.39 Å². The van der Waals surface area contributed by atoms with E-state index in [1.807, 2.05) is 13.0 Å². The van der Waals surface area contributed by atoms with Gasteiger partial charge in [-0.05, 0) is 30.7 Å². The Morgan fingerprint density at radius 3 is 2.81 bits per heavy atom. The average Bonchev–Trinajstić information content (AvgIpc) is 2.48. The zero-order valence-corrected chi connectivity index (χ0v) is 12.9. The predicted octanol–water partition coefficient (Wildman–Crippen LogP) is 4.35. The highest BCUT2D eigenvalue weighted by Gasteiger charge is 2.11. The summed E-state index contributed by atoms with van der Waals surface area (Å²) in [5.41, 5.74) is 1.39. The Morgan fingerprint density at radius 1 is 1.33 bits per heavy atom. The molecule has 6 heteroatoms. The summed E-state index contributed by atoms with van der Waals surface area (Å²) in [6, 6.07) is 11.1. The van der Waals surface area contributed by atoms with Gasteiger partial charge in [0.1, 0.15) is 5.82 Å². The number of hydrogen-bond acceptors (Lipinski definition) is 3. The summed E-state index contributed by atoms with van der Waals surface area (Å²) < 4.78 is 14.5. The van der Waals surface area contributed by atoms with Crippen molar-refractivity contribution in [3.05, 3.63) is 74.0 Å². The second-order valence-electron chi connectivity index (χ2n) is 4.69. The van der Waals surface area contributed by atoms with Crippen molar-refractivity contribution in [2.24, 2.45) is 0 Å². The minimum atomic E-state index is -0.426. The number of nitrogens with zero attached hydrogens (tertiary/aromatic N) is 1. The predicted molar refractivity (Wildman–Crippen MR) is 82.5 cm³/mol. The standard InChI is InChI=1S/C15H14BrFN2O2/c1-10(11-3-2-4-14(8-11)19(20)21)18-9-12-7-13(16)5-6-15(12)17/h2-8,10,18H,9H2,1H3. The summed E-state index contributed by atoms with van der Waals surface area (Å²) in [7, 11) is 0. The van der Waals surface area contributed by atoms with Crippen LogP contribution in [-0.4, -0.2) is 4.92 Å². The van der Waals surface area contributed by atoms with Crippen LogP contribution in [0.4, 0.5) is 10.1 Å². The van der Waals surface area contributed by atoms with Crippen molar-refractivity contribution in [2.75, 3.05) is 0 Å². The van der Waals surface area contributed by atoms with Gasteiger partial charge in [0.25, 0.3) is 5.69 Å². The number of hydrogen-bond donors (Lipinski definition) is 1. The molecule has 21 heavy (non-hydrogen) atoms. The molecule has 1 atom stereocenters. The average molecular weight is 353 g/mol. The number of nitrogens with one attached hydrogen (secondary N) is 1. The third-order valence-electron chi connectivity index (χ3n) is 3.19. The molecule has 0 amide bonds. The molecular formula is C15H14BrFN2O2. The number of rotatable bonds is 5. The monoisotopic (exact) mass is 352 g/mol. The molecule has 2 aromatic carbocycles. The normalized spacial score (nSPS) is 12.1. The Kier molecular flexibility index (Phi) is 5.03. The molecule has 0 aliphatic rings. The smallest absolute Gasteiger partial charge is 0.269 e. The van der Waals surface area contributed by atoms with E-state index >= 15 is 0 Å². The number of halogens is 2. The molecule has 1 N–H and O–H groups in total. The van der Waals surface area contributed by atoms with Crippen LogP contribution in [0.25, 0.3) is 0 Å². The zero-order valence-electron chi connectivity index (χ0n) is 11.3. The molecule has 0 fully saturated rings. The maximum atomic E-state index is 13.6. The molecule has 0 saturated heterocycles. The molecule has 0 aliphatic heterocycles. The van der Waals surface area contributed by atoms with Crippen molar-refractivity contribution in [1.82, 2.24) is 5.32 Å². The summed E-state index contributed by atoms with van der Waals surface area (Å²) in [6.45, 7) is 2.23.